The van der Waals surface area contributed by atoms with Gasteiger partial charge in [-0.3, -0.25) is 0 Å². The van der Waals surface area contributed by atoms with Gasteiger partial charge < -0.3 is 4.90 Å². The zero-order valence-corrected chi connectivity index (χ0v) is 37.1. The third kappa shape index (κ3) is 5.98. The van der Waals surface area contributed by atoms with E-state index in [-0.39, 0.29) is 0 Å². The molecule has 2 bridgehead atoms. The lowest BCUT2D eigenvalue weighted by Gasteiger charge is -2.32. The number of hydrogen-bond donors (Lipinski definition) is 0. The Kier molecular flexibility index (Phi) is 8.79. The van der Waals surface area contributed by atoms with E-state index in [0.717, 1.165) is 34.8 Å². The molecule has 0 aliphatic heterocycles. The van der Waals surface area contributed by atoms with E-state index < -0.39 is 5.41 Å². The number of benzene rings is 9. The van der Waals surface area contributed by atoms with Gasteiger partial charge in [0.25, 0.3) is 0 Å². The third-order valence-corrected chi connectivity index (χ3v) is 15.7. The largest absolute Gasteiger partial charge is 0.310 e. The van der Waals surface area contributed by atoms with Crippen LogP contribution in [-0.4, -0.2) is 0 Å². The maximum absolute atomic E-state index is 2.51. The predicted octanol–water partition coefficient (Wildman–Crippen LogP) is 17.0. The summed E-state index contributed by atoms with van der Waals surface area (Å²) in [6.07, 6.45) is 5.67. The SMILES string of the molecule is Cc1ccc2c(c1)C1(c3ccccc3-c3ccc(N(c4ccc(-c5ccc(C6CC7CCC6C7)cc5)cc4)c4ccc(-c5ccccc5-c5ccccc5)cc4)cc31)c1cc(C)ccc1-2. The third-order valence-electron chi connectivity index (χ3n) is 15.7. The molecular formula is C64H51N. The van der Waals surface area contributed by atoms with E-state index in [2.05, 4.69) is 225 Å². The molecule has 65 heavy (non-hydrogen) atoms. The van der Waals surface area contributed by atoms with Crippen LogP contribution in [0.5, 0.6) is 0 Å². The molecule has 312 valence electrons. The average molecular weight is 834 g/mol. The average Bonchev–Trinajstić information content (AvgIpc) is 4.13. The lowest BCUT2D eigenvalue weighted by molar-refractivity contribution is 0.420. The van der Waals surface area contributed by atoms with E-state index in [1.165, 1.54) is 120 Å². The molecule has 9 aromatic rings. The Labute approximate surface area is 383 Å². The van der Waals surface area contributed by atoms with Crippen LogP contribution < -0.4 is 4.90 Å². The molecule has 0 saturated heterocycles. The van der Waals surface area contributed by atoms with Crippen LogP contribution in [-0.2, 0) is 5.41 Å². The molecule has 0 aromatic heterocycles. The number of hydrogen-bond acceptors (Lipinski definition) is 1. The van der Waals surface area contributed by atoms with Crippen molar-refractivity contribution in [3.63, 3.8) is 0 Å². The van der Waals surface area contributed by atoms with Gasteiger partial charge in [0.15, 0.2) is 0 Å². The number of rotatable bonds is 7. The maximum atomic E-state index is 2.51. The number of aryl methyl sites for hydroxylation is 2. The molecule has 1 spiro atoms. The molecule has 3 unspecified atom stereocenters. The van der Waals surface area contributed by atoms with Crippen molar-refractivity contribution in [1.82, 2.24) is 0 Å². The van der Waals surface area contributed by atoms with Crippen molar-refractivity contribution in [2.75, 3.05) is 4.90 Å². The topological polar surface area (TPSA) is 3.24 Å². The molecule has 1 heteroatoms. The van der Waals surface area contributed by atoms with Gasteiger partial charge in [0.2, 0.25) is 0 Å². The minimum Gasteiger partial charge on any atom is -0.310 e. The van der Waals surface area contributed by atoms with Gasteiger partial charge in [0.05, 0.1) is 5.41 Å². The Hall–Kier alpha value is -7.22. The van der Waals surface area contributed by atoms with Crippen molar-refractivity contribution in [2.24, 2.45) is 11.8 Å². The standard InChI is InChI=1S/C64H51N/c1-41-16-33-56-57-34-17-42(2)37-62(57)64(61(56)36-41)60-15-9-8-14-55(60)58-35-32-52(40-63(58)64)65(51-30-26-47(27-31-51)54-13-7-6-12-53(54)46-10-4-3-5-11-46)50-28-24-45(25-29-50)44-20-22-48(23-21-44)59-39-43-18-19-49(59)38-43/h3-17,20-37,40,43,49,59H,18-19,38-39H2,1-2H3. The first-order chi connectivity index (χ1) is 32.0. The van der Waals surface area contributed by atoms with Gasteiger partial charge in [-0.05, 0) is 171 Å². The molecule has 2 saturated carbocycles. The fraction of sp³-hybridized carbons (Fsp3) is 0.156. The second-order valence-electron chi connectivity index (χ2n) is 19.4. The van der Waals surface area contributed by atoms with Gasteiger partial charge in [-0.1, -0.05) is 187 Å². The first kappa shape index (κ1) is 38.3. The van der Waals surface area contributed by atoms with Gasteiger partial charge in [-0.25, -0.2) is 0 Å². The van der Waals surface area contributed by atoms with E-state index in [1.807, 2.05) is 0 Å². The minimum absolute atomic E-state index is 0.435. The normalized spacial score (nSPS) is 18.0. The van der Waals surface area contributed by atoms with Crippen LogP contribution in [0.15, 0.2) is 206 Å². The summed E-state index contributed by atoms with van der Waals surface area (Å²) in [6, 6.07) is 78.1. The Morgan fingerprint density at radius 3 is 1.43 bits per heavy atom. The smallest absolute Gasteiger partial charge is 0.0726 e. The molecule has 13 rings (SSSR count). The Balaban J connectivity index is 0.954. The maximum Gasteiger partial charge on any atom is 0.0726 e. The van der Waals surface area contributed by atoms with Crippen molar-refractivity contribution in [2.45, 2.75) is 50.9 Å². The van der Waals surface area contributed by atoms with Gasteiger partial charge in [0.1, 0.15) is 0 Å². The van der Waals surface area contributed by atoms with E-state index in [9.17, 15) is 0 Å². The molecular weight excluding hydrogens is 783 g/mol. The number of fused-ring (bicyclic) bond motifs is 12. The second kappa shape index (κ2) is 14.9. The monoisotopic (exact) mass is 833 g/mol. The number of anilines is 3. The summed E-state index contributed by atoms with van der Waals surface area (Å²) in [5.74, 6) is 2.58. The minimum atomic E-state index is -0.435. The van der Waals surface area contributed by atoms with Crippen molar-refractivity contribution >= 4 is 17.1 Å². The zero-order valence-electron chi connectivity index (χ0n) is 37.1. The van der Waals surface area contributed by atoms with Crippen molar-refractivity contribution in [1.29, 1.82) is 0 Å². The molecule has 3 atom stereocenters. The van der Waals surface area contributed by atoms with E-state index in [4.69, 9.17) is 0 Å². The van der Waals surface area contributed by atoms with Crippen molar-refractivity contribution < 1.29 is 0 Å². The van der Waals surface area contributed by atoms with Crippen LogP contribution in [0.25, 0.3) is 55.6 Å². The fourth-order valence-electron chi connectivity index (χ4n) is 12.8. The summed E-state index contributed by atoms with van der Waals surface area (Å²) in [4.78, 5) is 2.47. The summed E-state index contributed by atoms with van der Waals surface area (Å²) < 4.78 is 0. The molecule has 4 aliphatic carbocycles. The van der Waals surface area contributed by atoms with Gasteiger partial charge >= 0.3 is 0 Å². The van der Waals surface area contributed by atoms with E-state index >= 15 is 0 Å². The lowest BCUT2D eigenvalue weighted by atomic mass is 9.70. The second-order valence-corrected chi connectivity index (χ2v) is 19.4. The summed E-state index contributed by atoms with van der Waals surface area (Å²) >= 11 is 0. The summed E-state index contributed by atoms with van der Waals surface area (Å²) in [7, 11) is 0. The zero-order chi connectivity index (χ0) is 43.2. The molecule has 9 aromatic carbocycles. The van der Waals surface area contributed by atoms with Gasteiger partial charge in [-0.15, -0.1) is 0 Å². The molecule has 2 fully saturated rings. The molecule has 0 heterocycles. The highest BCUT2D eigenvalue weighted by molar-refractivity contribution is 5.97. The predicted molar refractivity (Wildman–Crippen MR) is 271 cm³/mol. The van der Waals surface area contributed by atoms with Crippen molar-refractivity contribution in [3.8, 4) is 55.6 Å². The van der Waals surface area contributed by atoms with Gasteiger partial charge in [0, 0.05) is 17.1 Å². The van der Waals surface area contributed by atoms with Gasteiger partial charge in [-0.2, -0.15) is 0 Å². The number of nitrogens with zero attached hydrogens (tertiary/aromatic N) is 1. The van der Waals surface area contributed by atoms with E-state index in [1.54, 1.807) is 0 Å². The molecule has 0 radical (unpaired) electrons. The van der Waals surface area contributed by atoms with Crippen LogP contribution in [0.2, 0.25) is 0 Å². The van der Waals surface area contributed by atoms with Crippen LogP contribution in [0.1, 0.15) is 70.5 Å². The molecule has 1 nitrogen and oxygen atoms in total. The Morgan fingerprint density at radius 1 is 0.369 bits per heavy atom. The molecule has 0 N–H and O–H groups in total. The van der Waals surface area contributed by atoms with Crippen LogP contribution >= 0.6 is 0 Å². The van der Waals surface area contributed by atoms with Crippen LogP contribution in [0.3, 0.4) is 0 Å². The van der Waals surface area contributed by atoms with Crippen LogP contribution in [0.4, 0.5) is 17.1 Å². The summed E-state index contributed by atoms with van der Waals surface area (Å²) in [5, 5.41) is 0. The van der Waals surface area contributed by atoms with Crippen LogP contribution in [0, 0.1) is 25.7 Å². The molecule has 4 aliphatic rings. The Bertz CT molecular complexity index is 3230. The highest BCUT2D eigenvalue weighted by Gasteiger charge is 2.52. The highest BCUT2D eigenvalue weighted by Crippen LogP contribution is 2.64. The first-order valence-electron chi connectivity index (χ1n) is 23.7. The quantitative estimate of drug-likeness (QED) is 0.155. The lowest BCUT2D eigenvalue weighted by Crippen LogP contribution is -2.26. The Morgan fingerprint density at radius 2 is 0.846 bits per heavy atom. The summed E-state index contributed by atoms with van der Waals surface area (Å²) in [5.41, 5.74) is 25.2. The molecule has 0 amide bonds. The highest BCUT2D eigenvalue weighted by atomic mass is 15.1. The van der Waals surface area contributed by atoms with E-state index in [0.29, 0.717) is 0 Å². The summed E-state index contributed by atoms with van der Waals surface area (Å²) in [6.45, 7) is 4.47. The fourth-order valence-corrected chi connectivity index (χ4v) is 12.8. The van der Waals surface area contributed by atoms with Crippen molar-refractivity contribution in [3.05, 3.63) is 245 Å². The first-order valence-corrected chi connectivity index (χ1v) is 23.7.